The number of amides is 2. The molecular formula is C20H21ClN2O6. The van der Waals surface area contributed by atoms with E-state index in [0.717, 1.165) is 0 Å². The number of benzene rings is 1. The Bertz CT molecular complexity index is 903. The van der Waals surface area contributed by atoms with E-state index < -0.39 is 29.5 Å². The molecule has 0 aliphatic carbocycles. The molecule has 2 unspecified atom stereocenters. The van der Waals surface area contributed by atoms with Crippen LogP contribution in [0.5, 0.6) is 5.75 Å². The Labute approximate surface area is 172 Å². The van der Waals surface area contributed by atoms with Crippen LogP contribution in [0.1, 0.15) is 6.92 Å². The summed E-state index contributed by atoms with van der Waals surface area (Å²) in [5, 5.41) is 3.18. The number of anilines is 1. The van der Waals surface area contributed by atoms with Crippen LogP contribution >= 0.6 is 11.6 Å². The zero-order valence-electron chi connectivity index (χ0n) is 16.0. The van der Waals surface area contributed by atoms with Gasteiger partial charge >= 0.3 is 5.97 Å². The maximum absolute atomic E-state index is 13.0. The molecule has 0 radical (unpaired) electrons. The van der Waals surface area contributed by atoms with Crippen molar-refractivity contribution >= 4 is 35.1 Å². The molecule has 1 aromatic carbocycles. The lowest BCUT2D eigenvalue weighted by atomic mass is 9.77. The van der Waals surface area contributed by atoms with Crippen LogP contribution in [0.3, 0.4) is 0 Å². The topological polar surface area (TPSA) is 94.2 Å². The first-order valence-electron chi connectivity index (χ1n) is 9.34. The Kier molecular flexibility index (Phi) is 5.00. The van der Waals surface area contributed by atoms with Gasteiger partial charge in [0.25, 0.3) is 0 Å². The van der Waals surface area contributed by atoms with Crippen LogP contribution in [0.25, 0.3) is 0 Å². The molecule has 3 aliphatic heterocycles. The van der Waals surface area contributed by atoms with Crippen LogP contribution in [-0.2, 0) is 23.9 Å². The van der Waals surface area contributed by atoms with E-state index in [2.05, 4.69) is 5.32 Å². The highest BCUT2D eigenvalue weighted by Gasteiger charge is 2.66. The number of carbonyl (C=O) groups excluding carboxylic acids is 3. The quantitative estimate of drug-likeness (QED) is 0.555. The zero-order chi connectivity index (χ0) is 20.8. The molecule has 0 aromatic heterocycles. The summed E-state index contributed by atoms with van der Waals surface area (Å²) in [5.41, 5.74) is -0.385. The molecule has 1 spiro atoms. The first-order chi connectivity index (χ1) is 13.9. The van der Waals surface area contributed by atoms with Gasteiger partial charge in [0.05, 0.1) is 43.2 Å². The highest BCUT2D eigenvalue weighted by molar-refractivity contribution is 6.32. The van der Waals surface area contributed by atoms with E-state index in [0.29, 0.717) is 16.5 Å². The molecule has 4 rings (SSSR count). The number of methoxy groups -OCH3 is 1. The van der Waals surface area contributed by atoms with Crippen molar-refractivity contribution in [2.75, 3.05) is 32.1 Å². The van der Waals surface area contributed by atoms with Crippen LogP contribution in [0, 0.1) is 11.8 Å². The van der Waals surface area contributed by atoms with Crippen LogP contribution < -0.4 is 10.1 Å². The lowest BCUT2D eigenvalue weighted by molar-refractivity contribution is -0.148. The van der Waals surface area contributed by atoms with E-state index in [1.165, 1.54) is 12.0 Å². The maximum Gasteiger partial charge on any atom is 0.325 e. The van der Waals surface area contributed by atoms with E-state index >= 15 is 0 Å². The standard InChI is InChI=1S/C20H21ClN2O6/c1-3-28-15(24)9-23-10-20-7-6-14(29-20)16(17(20)19(23)26)18(25)22-11-4-5-13(27-2)12(21)8-11/h4-8,14,16-17H,3,9-10H2,1-2H3,(H,22,25)/t14-,16?,17-,20?/m1/s1. The summed E-state index contributed by atoms with van der Waals surface area (Å²) < 4.78 is 16.1. The fourth-order valence-electron chi connectivity index (χ4n) is 4.34. The molecule has 8 nitrogen and oxygen atoms in total. The molecule has 0 saturated carbocycles. The Morgan fingerprint density at radius 1 is 1.41 bits per heavy atom. The van der Waals surface area contributed by atoms with Gasteiger partial charge in [0.15, 0.2) is 0 Å². The average Bonchev–Trinajstić information content (AvgIpc) is 3.30. The average molecular weight is 421 g/mol. The Morgan fingerprint density at radius 2 is 2.21 bits per heavy atom. The molecule has 3 aliphatic rings. The number of carbonyl (C=O) groups is 3. The van der Waals surface area contributed by atoms with E-state index in [4.69, 9.17) is 25.8 Å². The third kappa shape index (κ3) is 3.26. The lowest BCUT2D eigenvalue weighted by Gasteiger charge is -2.23. The largest absolute Gasteiger partial charge is 0.495 e. The summed E-state index contributed by atoms with van der Waals surface area (Å²) in [4.78, 5) is 39.3. The minimum Gasteiger partial charge on any atom is -0.495 e. The molecule has 4 atom stereocenters. The molecule has 2 amide bonds. The lowest BCUT2D eigenvalue weighted by Crippen LogP contribution is -2.41. The number of hydrogen-bond acceptors (Lipinski definition) is 6. The molecule has 9 heteroatoms. The fourth-order valence-corrected chi connectivity index (χ4v) is 4.60. The van der Waals surface area contributed by atoms with Crippen LogP contribution in [0.15, 0.2) is 30.4 Å². The van der Waals surface area contributed by atoms with Crippen molar-refractivity contribution in [3.05, 3.63) is 35.4 Å². The number of esters is 1. The predicted molar refractivity (Wildman–Crippen MR) is 104 cm³/mol. The molecule has 154 valence electrons. The van der Waals surface area contributed by atoms with Gasteiger partial charge in [-0.2, -0.15) is 0 Å². The third-order valence-electron chi connectivity index (χ3n) is 5.53. The number of nitrogens with one attached hydrogen (secondary N) is 1. The number of hydrogen-bond donors (Lipinski definition) is 1. The third-order valence-corrected chi connectivity index (χ3v) is 5.82. The van der Waals surface area contributed by atoms with E-state index in [-0.39, 0.29) is 31.5 Å². The van der Waals surface area contributed by atoms with Crippen LogP contribution in [0.2, 0.25) is 5.02 Å². The number of halogens is 1. The summed E-state index contributed by atoms with van der Waals surface area (Å²) in [6.07, 6.45) is 3.16. The van der Waals surface area contributed by atoms with Crippen molar-refractivity contribution in [2.45, 2.75) is 18.6 Å². The molecule has 3 heterocycles. The summed E-state index contributed by atoms with van der Waals surface area (Å²) in [6, 6.07) is 4.91. The SMILES string of the molecule is CCOC(=O)CN1CC23C=C[C@@H](O2)C(C(=O)Nc2ccc(OC)c(Cl)c2)[C@@H]3C1=O. The predicted octanol–water partition coefficient (Wildman–Crippen LogP) is 1.63. The van der Waals surface area contributed by atoms with Crippen molar-refractivity contribution in [1.29, 1.82) is 0 Å². The molecule has 2 bridgehead atoms. The normalized spacial score (nSPS) is 29.1. The second kappa shape index (κ2) is 7.35. The molecular weight excluding hydrogens is 400 g/mol. The van der Waals surface area contributed by atoms with Gasteiger partial charge in [-0.1, -0.05) is 23.8 Å². The van der Waals surface area contributed by atoms with Crippen molar-refractivity contribution in [2.24, 2.45) is 11.8 Å². The van der Waals surface area contributed by atoms with Gasteiger partial charge < -0.3 is 24.4 Å². The smallest absolute Gasteiger partial charge is 0.325 e. The number of nitrogens with zero attached hydrogens (tertiary/aromatic N) is 1. The van der Waals surface area contributed by atoms with Gasteiger partial charge in [-0.15, -0.1) is 0 Å². The van der Waals surface area contributed by atoms with E-state index in [9.17, 15) is 14.4 Å². The zero-order valence-corrected chi connectivity index (χ0v) is 16.8. The Balaban J connectivity index is 1.52. The Hall–Kier alpha value is -2.58. The molecule has 1 aromatic rings. The van der Waals surface area contributed by atoms with Crippen molar-refractivity contribution in [3.8, 4) is 5.75 Å². The highest BCUT2D eigenvalue weighted by atomic mass is 35.5. The summed E-state index contributed by atoms with van der Waals surface area (Å²) in [5.74, 6) is -1.97. The summed E-state index contributed by atoms with van der Waals surface area (Å²) in [7, 11) is 1.51. The van der Waals surface area contributed by atoms with E-state index in [1.807, 2.05) is 12.2 Å². The van der Waals surface area contributed by atoms with Gasteiger partial charge in [0, 0.05) is 5.69 Å². The van der Waals surface area contributed by atoms with Crippen molar-refractivity contribution in [1.82, 2.24) is 4.90 Å². The second-order valence-electron chi connectivity index (χ2n) is 7.24. The highest BCUT2D eigenvalue weighted by Crippen LogP contribution is 2.52. The minimum atomic E-state index is -0.881. The van der Waals surface area contributed by atoms with Crippen LogP contribution in [0.4, 0.5) is 5.69 Å². The summed E-state index contributed by atoms with van der Waals surface area (Å²) in [6.45, 7) is 2.01. The number of likely N-dealkylation sites (tertiary alicyclic amines) is 1. The van der Waals surface area contributed by atoms with Gasteiger partial charge in [-0.25, -0.2) is 0 Å². The monoisotopic (exact) mass is 420 g/mol. The second-order valence-corrected chi connectivity index (χ2v) is 7.65. The fraction of sp³-hybridized carbons (Fsp3) is 0.450. The first kappa shape index (κ1) is 19.7. The minimum absolute atomic E-state index is 0.158. The van der Waals surface area contributed by atoms with Gasteiger partial charge in [0.2, 0.25) is 11.8 Å². The molecule has 1 N–H and O–H groups in total. The number of fused-ring (bicyclic) bond motifs is 1. The molecule has 29 heavy (non-hydrogen) atoms. The number of rotatable bonds is 6. The number of ether oxygens (including phenoxy) is 3. The van der Waals surface area contributed by atoms with Crippen molar-refractivity contribution < 1.29 is 28.6 Å². The Morgan fingerprint density at radius 3 is 2.90 bits per heavy atom. The first-order valence-corrected chi connectivity index (χ1v) is 9.72. The molecule has 2 saturated heterocycles. The van der Waals surface area contributed by atoms with Gasteiger partial charge in [-0.05, 0) is 25.1 Å². The van der Waals surface area contributed by atoms with Gasteiger partial charge in [-0.3, -0.25) is 14.4 Å². The summed E-state index contributed by atoms with van der Waals surface area (Å²) >= 11 is 6.12. The van der Waals surface area contributed by atoms with Gasteiger partial charge in [0.1, 0.15) is 17.9 Å². The van der Waals surface area contributed by atoms with Crippen LogP contribution in [-0.4, -0.2) is 61.2 Å². The van der Waals surface area contributed by atoms with E-state index in [1.54, 1.807) is 25.1 Å². The maximum atomic E-state index is 13.0. The van der Waals surface area contributed by atoms with Crippen molar-refractivity contribution in [3.63, 3.8) is 0 Å². The molecule has 2 fully saturated rings.